The molecule has 0 bridgehead atoms. The van der Waals surface area contributed by atoms with Crippen LogP contribution in [0.3, 0.4) is 0 Å². The zero-order valence-electron chi connectivity index (χ0n) is 21.8. The highest BCUT2D eigenvalue weighted by Gasteiger charge is 2.29. The van der Waals surface area contributed by atoms with Crippen LogP contribution < -0.4 is 0 Å². The lowest BCUT2D eigenvalue weighted by Gasteiger charge is -2.36. The molecule has 1 aromatic carbocycles. The fourth-order valence-electron chi connectivity index (χ4n) is 4.68. The van der Waals surface area contributed by atoms with E-state index in [0.29, 0.717) is 12.7 Å². The lowest BCUT2D eigenvalue weighted by atomic mass is 9.91. The van der Waals surface area contributed by atoms with Gasteiger partial charge in [0.2, 0.25) is 0 Å². The smallest absolute Gasteiger partial charge is 0.410 e. The number of hydrogen-bond donors (Lipinski definition) is 0. The summed E-state index contributed by atoms with van der Waals surface area (Å²) in [7, 11) is 2.15. The third-order valence-corrected chi connectivity index (χ3v) is 6.76. The van der Waals surface area contributed by atoms with E-state index in [0.717, 1.165) is 83.2 Å². The van der Waals surface area contributed by atoms with E-state index < -0.39 is 0 Å². The van der Waals surface area contributed by atoms with Crippen molar-refractivity contribution in [2.24, 2.45) is 0 Å². The Morgan fingerprint density at radius 3 is 2.41 bits per heavy atom. The number of carbonyl (C=O) groups is 1. The summed E-state index contributed by atoms with van der Waals surface area (Å²) in [5.74, 6) is 0. The molecule has 192 valence electrons. The quantitative estimate of drug-likeness (QED) is 0.184. The summed E-state index contributed by atoms with van der Waals surface area (Å²) in [6.07, 6.45) is 14.4. The van der Waals surface area contributed by atoms with Crippen LogP contribution in [0.2, 0.25) is 0 Å². The summed E-state index contributed by atoms with van der Waals surface area (Å²) in [5.41, 5.74) is 1.03. The molecule has 0 atom stereocenters. The number of carbonyl (C=O) groups excluding carboxylic acids is 1. The zero-order chi connectivity index (χ0) is 24.4. The van der Waals surface area contributed by atoms with Crippen molar-refractivity contribution in [2.75, 3.05) is 33.3 Å². The van der Waals surface area contributed by atoms with E-state index in [1.54, 1.807) is 0 Å². The van der Waals surface area contributed by atoms with E-state index in [9.17, 15) is 4.79 Å². The Balaban J connectivity index is 1.66. The Kier molecular flexibility index (Phi) is 14.7. The molecule has 2 rings (SSSR count). The van der Waals surface area contributed by atoms with Crippen LogP contribution in [0.1, 0.15) is 83.1 Å². The molecule has 1 aliphatic rings. The van der Waals surface area contributed by atoms with Gasteiger partial charge in [-0.25, -0.2) is 4.79 Å². The minimum absolute atomic E-state index is 0.164. The molecule has 34 heavy (non-hydrogen) atoms. The molecular weight excluding hydrogens is 424 g/mol. The Labute approximate surface area is 208 Å². The normalized spacial score (nSPS) is 18.1. The number of amides is 1. The first kappa shape index (κ1) is 28.4. The van der Waals surface area contributed by atoms with Gasteiger partial charge in [-0.1, -0.05) is 69.0 Å². The Bertz CT molecular complexity index is 659. The van der Waals surface area contributed by atoms with Gasteiger partial charge in [0.1, 0.15) is 6.61 Å². The highest BCUT2D eigenvalue weighted by Crippen LogP contribution is 2.26. The van der Waals surface area contributed by atoms with Crippen LogP contribution in [-0.2, 0) is 16.1 Å². The van der Waals surface area contributed by atoms with Gasteiger partial charge in [0.05, 0.1) is 6.10 Å². The van der Waals surface area contributed by atoms with Crippen molar-refractivity contribution in [1.82, 2.24) is 9.80 Å². The molecule has 1 saturated carbocycles. The summed E-state index contributed by atoms with van der Waals surface area (Å²) < 4.78 is 11.9. The fraction of sp³-hybridized carbons (Fsp3) is 0.690. The van der Waals surface area contributed by atoms with Crippen molar-refractivity contribution < 1.29 is 14.3 Å². The predicted molar refractivity (Wildman–Crippen MR) is 141 cm³/mol. The van der Waals surface area contributed by atoms with Gasteiger partial charge in [-0.15, -0.1) is 6.58 Å². The van der Waals surface area contributed by atoms with E-state index in [1.807, 2.05) is 41.3 Å². The number of nitrogens with zero attached hydrogens (tertiary/aromatic N) is 2. The number of benzene rings is 1. The molecule has 0 spiro atoms. The van der Waals surface area contributed by atoms with E-state index in [4.69, 9.17) is 9.47 Å². The maximum absolute atomic E-state index is 12.9. The van der Waals surface area contributed by atoms with Crippen LogP contribution in [0.15, 0.2) is 43.0 Å². The number of likely N-dealkylation sites (N-methyl/N-ethyl adjacent to an activating group) is 1. The molecule has 5 nitrogen and oxygen atoms in total. The molecule has 0 saturated heterocycles. The molecule has 0 unspecified atom stereocenters. The molecule has 0 N–H and O–H groups in total. The van der Waals surface area contributed by atoms with Crippen LogP contribution in [0, 0.1) is 0 Å². The minimum atomic E-state index is -0.164. The first-order valence-corrected chi connectivity index (χ1v) is 13.5. The first-order chi connectivity index (χ1) is 16.6. The number of unbranched alkanes of at least 4 members (excludes halogenated alkanes) is 5. The molecule has 1 fully saturated rings. The lowest BCUT2D eigenvalue weighted by molar-refractivity contribution is 0.00303. The maximum Gasteiger partial charge on any atom is 0.410 e. The highest BCUT2D eigenvalue weighted by atomic mass is 16.6. The van der Waals surface area contributed by atoms with Gasteiger partial charge in [0.25, 0.3) is 0 Å². The average Bonchev–Trinajstić information content (AvgIpc) is 2.86. The van der Waals surface area contributed by atoms with Gasteiger partial charge in [-0.05, 0) is 64.1 Å². The zero-order valence-corrected chi connectivity index (χ0v) is 21.8. The largest absolute Gasteiger partial charge is 0.445 e. The molecule has 0 heterocycles. The third-order valence-electron chi connectivity index (χ3n) is 6.76. The average molecular weight is 473 g/mol. The van der Waals surface area contributed by atoms with Gasteiger partial charge in [0, 0.05) is 25.7 Å². The van der Waals surface area contributed by atoms with Gasteiger partial charge >= 0.3 is 6.09 Å². The monoisotopic (exact) mass is 472 g/mol. The SMILES string of the molecule is C=CCN(C)CCCCCCOC1CCC(N(CCCCC)C(=O)OCc2ccccc2)CC1. The second-order valence-electron chi connectivity index (χ2n) is 9.71. The third kappa shape index (κ3) is 11.5. The Morgan fingerprint density at radius 2 is 1.71 bits per heavy atom. The van der Waals surface area contributed by atoms with Crippen LogP contribution in [0.25, 0.3) is 0 Å². The fourth-order valence-corrected chi connectivity index (χ4v) is 4.68. The summed E-state index contributed by atoms with van der Waals surface area (Å²) in [6.45, 7) is 10.1. The Hall–Kier alpha value is -1.85. The standard InChI is InChI=1S/C29H48N2O3/c1-4-6-12-23-31(29(32)34-25-26-15-10-9-11-16-26)27-17-19-28(20-18-27)33-24-14-8-7-13-22-30(3)21-5-2/h5,9-11,15-16,27-28H,2,4,6-8,12-14,17-25H2,1,3H3. The van der Waals surface area contributed by atoms with Crippen LogP contribution in [0.5, 0.6) is 0 Å². The maximum atomic E-state index is 12.9. The van der Waals surface area contributed by atoms with Crippen molar-refractivity contribution in [3.05, 3.63) is 48.6 Å². The van der Waals surface area contributed by atoms with Crippen molar-refractivity contribution in [2.45, 2.75) is 96.3 Å². The van der Waals surface area contributed by atoms with E-state index >= 15 is 0 Å². The molecule has 0 aromatic heterocycles. The number of rotatable bonds is 17. The molecule has 0 aliphatic heterocycles. The van der Waals surface area contributed by atoms with Gasteiger partial charge in [0.15, 0.2) is 0 Å². The van der Waals surface area contributed by atoms with Gasteiger partial charge in [-0.2, -0.15) is 0 Å². The molecule has 1 aliphatic carbocycles. The van der Waals surface area contributed by atoms with Crippen molar-refractivity contribution in [1.29, 1.82) is 0 Å². The Morgan fingerprint density at radius 1 is 1.00 bits per heavy atom. The summed E-state index contributed by atoms with van der Waals surface area (Å²) in [5, 5.41) is 0. The second kappa shape index (κ2) is 17.6. The first-order valence-electron chi connectivity index (χ1n) is 13.5. The molecular formula is C29H48N2O3. The van der Waals surface area contributed by atoms with Gasteiger partial charge < -0.3 is 19.3 Å². The molecule has 1 aromatic rings. The van der Waals surface area contributed by atoms with Crippen LogP contribution >= 0.6 is 0 Å². The van der Waals surface area contributed by atoms with E-state index in [2.05, 4.69) is 25.5 Å². The molecule has 1 amide bonds. The predicted octanol–water partition coefficient (Wildman–Crippen LogP) is 6.82. The summed E-state index contributed by atoms with van der Waals surface area (Å²) in [4.78, 5) is 17.2. The summed E-state index contributed by atoms with van der Waals surface area (Å²) >= 11 is 0. The van der Waals surface area contributed by atoms with E-state index in [-0.39, 0.29) is 12.1 Å². The lowest BCUT2D eigenvalue weighted by Crippen LogP contribution is -2.44. The summed E-state index contributed by atoms with van der Waals surface area (Å²) in [6, 6.07) is 10.2. The number of hydrogen-bond acceptors (Lipinski definition) is 4. The molecule has 0 radical (unpaired) electrons. The van der Waals surface area contributed by atoms with Crippen molar-refractivity contribution >= 4 is 6.09 Å². The van der Waals surface area contributed by atoms with Crippen molar-refractivity contribution in [3.8, 4) is 0 Å². The topological polar surface area (TPSA) is 42.0 Å². The second-order valence-corrected chi connectivity index (χ2v) is 9.71. The van der Waals surface area contributed by atoms with Gasteiger partial charge in [-0.3, -0.25) is 0 Å². The number of ether oxygens (including phenoxy) is 2. The highest BCUT2D eigenvalue weighted by molar-refractivity contribution is 5.68. The minimum Gasteiger partial charge on any atom is -0.445 e. The molecule has 5 heteroatoms. The van der Waals surface area contributed by atoms with E-state index in [1.165, 1.54) is 19.3 Å². The van der Waals surface area contributed by atoms with Crippen LogP contribution in [-0.4, -0.2) is 61.3 Å². The van der Waals surface area contributed by atoms with Crippen molar-refractivity contribution in [3.63, 3.8) is 0 Å². The van der Waals surface area contributed by atoms with Crippen LogP contribution in [0.4, 0.5) is 4.79 Å².